The van der Waals surface area contributed by atoms with Crippen LogP contribution in [0, 0.1) is 6.92 Å². The molecule has 1 aromatic carbocycles. The van der Waals surface area contributed by atoms with E-state index in [0.717, 1.165) is 38.4 Å². The highest BCUT2D eigenvalue weighted by molar-refractivity contribution is 14.1. The van der Waals surface area contributed by atoms with Crippen molar-refractivity contribution in [3.8, 4) is 0 Å². The van der Waals surface area contributed by atoms with Crippen LogP contribution in [0.2, 0.25) is 0 Å². The first kappa shape index (κ1) is 15.7. The summed E-state index contributed by atoms with van der Waals surface area (Å²) in [4.78, 5) is 13.5. The molecule has 5 heteroatoms. The lowest BCUT2D eigenvalue weighted by Crippen LogP contribution is -3.14. The molecule has 1 unspecified atom stereocenters. The van der Waals surface area contributed by atoms with Gasteiger partial charge < -0.3 is 14.4 Å². The number of carbonyl (C=O) groups excluding carboxylic acids is 1. The van der Waals surface area contributed by atoms with Gasteiger partial charge in [-0.15, -0.1) is 0 Å². The molecule has 1 fully saturated rings. The average Bonchev–Trinajstić information content (AvgIpc) is 2.48. The van der Waals surface area contributed by atoms with Crippen LogP contribution in [-0.2, 0) is 14.3 Å². The van der Waals surface area contributed by atoms with Crippen molar-refractivity contribution in [3.63, 3.8) is 0 Å². The normalized spacial score (nSPS) is 17.7. The van der Waals surface area contributed by atoms with Crippen molar-refractivity contribution in [3.05, 3.63) is 35.4 Å². The number of nitrogens with one attached hydrogen (secondary N) is 1. The van der Waals surface area contributed by atoms with Crippen molar-refractivity contribution in [2.75, 3.05) is 39.5 Å². The van der Waals surface area contributed by atoms with E-state index in [0.29, 0.717) is 6.61 Å². The number of carbonyl (C=O) groups is 1. The van der Waals surface area contributed by atoms with Gasteiger partial charge in [0.1, 0.15) is 30.2 Å². The summed E-state index contributed by atoms with van der Waals surface area (Å²) in [6.45, 7) is 7.01. The zero-order chi connectivity index (χ0) is 14.4. The average molecular weight is 390 g/mol. The maximum atomic E-state index is 12.0. The van der Waals surface area contributed by atoms with Crippen molar-refractivity contribution < 1.29 is 19.2 Å². The van der Waals surface area contributed by atoms with E-state index < -0.39 is 0 Å². The summed E-state index contributed by atoms with van der Waals surface area (Å²) in [6, 6.07) is 8.01. The fourth-order valence-electron chi connectivity index (χ4n) is 2.15. The highest BCUT2D eigenvalue weighted by atomic mass is 127. The van der Waals surface area contributed by atoms with Crippen molar-refractivity contribution in [1.29, 1.82) is 0 Å². The van der Waals surface area contributed by atoms with Gasteiger partial charge in [-0.25, -0.2) is 0 Å². The fraction of sp³-hybridized carbons (Fsp3) is 0.533. The number of esters is 1. The highest BCUT2D eigenvalue weighted by Crippen LogP contribution is 2.24. The number of aryl methyl sites for hydroxylation is 1. The predicted molar refractivity (Wildman–Crippen MR) is 85.3 cm³/mol. The molecule has 20 heavy (non-hydrogen) atoms. The van der Waals surface area contributed by atoms with Crippen LogP contribution < -0.4 is 4.90 Å². The quantitative estimate of drug-likeness (QED) is 0.462. The molecule has 1 aliphatic rings. The van der Waals surface area contributed by atoms with Crippen LogP contribution >= 0.6 is 22.6 Å². The molecule has 0 saturated carbocycles. The van der Waals surface area contributed by atoms with Crippen molar-refractivity contribution >= 4 is 28.6 Å². The molecule has 110 valence electrons. The lowest BCUT2D eigenvalue weighted by Gasteiger charge is -2.23. The summed E-state index contributed by atoms with van der Waals surface area (Å²) in [5.41, 5.74) is 2.20. The van der Waals surface area contributed by atoms with Crippen LogP contribution in [0.5, 0.6) is 0 Å². The molecule has 1 saturated heterocycles. The SMILES string of the molecule is Cc1ccc(C(I)C(=O)OCC[NH+]2CCOCC2)cc1. The summed E-state index contributed by atoms with van der Waals surface area (Å²) in [5.74, 6) is -0.151. The number of ether oxygens (including phenoxy) is 2. The van der Waals surface area contributed by atoms with E-state index in [-0.39, 0.29) is 9.89 Å². The number of rotatable bonds is 5. The Labute approximate surface area is 133 Å². The van der Waals surface area contributed by atoms with Gasteiger partial charge in [0.25, 0.3) is 0 Å². The molecule has 0 aromatic heterocycles. The summed E-state index contributed by atoms with van der Waals surface area (Å²) >= 11 is 2.14. The fourth-order valence-corrected chi connectivity index (χ4v) is 2.75. The minimum Gasteiger partial charge on any atom is -0.459 e. The molecule has 0 bridgehead atoms. The first-order valence-electron chi connectivity index (χ1n) is 6.95. The molecule has 1 aliphatic heterocycles. The van der Waals surface area contributed by atoms with Crippen LogP contribution in [0.3, 0.4) is 0 Å². The topological polar surface area (TPSA) is 40.0 Å². The third kappa shape index (κ3) is 4.71. The van der Waals surface area contributed by atoms with Gasteiger partial charge in [-0.3, -0.25) is 4.79 Å². The second kappa shape index (κ2) is 7.95. The first-order chi connectivity index (χ1) is 9.66. The van der Waals surface area contributed by atoms with Crippen LogP contribution in [-0.4, -0.2) is 45.4 Å². The van der Waals surface area contributed by atoms with Gasteiger partial charge in [-0.2, -0.15) is 0 Å². The molecule has 1 N–H and O–H groups in total. The Kier molecular flexibility index (Phi) is 6.25. The number of benzene rings is 1. The first-order valence-corrected chi connectivity index (χ1v) is 8.20. The Morgan fingerprint density at radius 3 is 2.65 bits per heavy atom. The maximum absolute atomic E-state index is 12.0. The zero-order valence-electron chi connectivity index (χ0n) is 11.7. The highest BCUT2D eigenvalue weighted by Gasteiger charge is 2.20. The molecule has 1 heterocycles. The van der Waals surface area contributed by atoms with E-state index in [1.54, 1.807) is 0 Å². The minimum absolute atomic E-state index is 0.151. The number of hydrogen-bond donors (Lipinski definition) is 1. The van der Waals surface area contributed by atoms with Crippen LogP contribution in [0.4, 0.5) is 0 Å². The smallest absolute Gasteiger partial charge is 0.323 e. The maximum Gasteiger partial charge on any atom is 0.323 e. The Bertz CT molecular complexity index is 429. The number of hydrogen-bond acceptors (Lipinski definition) is 3. The van der Waals surface area contributed by atoms with E-state index in [1.807, 2.05) is 31.2 Å². The summed E-state index contributed by atoms with van der Waals surface area (Å²) < 4.78 is 10.5. The van der Waals surface area contributed by atoms with Gasteiger partial charge in [-0.1, -0.05) is 52.4 Å². The van der Waals surface area contributed by atoms with Gasteiger partial charge in [0, 0.05) is 0 Å². The Hall–Kier alpha value is -0.660. The van der Waals surface area contributed by atoms with E-state index >= 15 is 0 Å². The molecule has 2 rings (SSSR count). The van der Waals surface area contributed by atoms with E-state index in [1.165, 1.54) is 10.5 Å². The summed E-state index contributed by atoms with van der Waals surface area (Å²) in [6.07, 6.45) is 0. The molecule has 0 amide bonds. The zero-order valence-corrected chi connectivity index (χ0v) is 13.9. The minimum atomic E-state index is -0.229. The van der Waals surface area contributed by atoms with E-state index in [4.69, 9.17) is 9.47 Å². The molecular weight excluding hydrogens is 369 g/mol. The molecule has 4 nitrogen and oxygen atoms in total. The number of alkyl halides is 1. The summed E-state index contributed by atoms with van der Waals surface area (Å²) in [5, 5.41) is 0. The van der Waals surface area contributed by atoms with Crippen molar-refractivity contribution in [2.45, 2.75) is 10.8 Å². The molecule has 1 atom stereocenters. The molecule has 0 aliphatic carbocycles. The van der Waals surface area contributed by atoms with Crippen LogP contribution in [0.15, 0.2) is 24.3 Å². The van der Waals surface area contributed by atoms with Gasteiger partial charge in [0.05, 0.1) is 13.2 Å². The molecule has 0 spiro atoms. The third-order valence-corrected chi connectivity index (χ3v) is 4.70. The largest absolute Gasteiger partial charge is 0.459 e. The van der Waals surface area contributed by atoms with Gasteiger partial charge in [0.2, 0.25) is 0 Å². The lowest BCUT2D eigenvalue weighted by molar-refractivity contribution is -0.908. The van der Waals surface area contributed by atoms with Crippen molar-refractivity contribution in [2.24, 2.45) is 0 Å². The predicted octanol–water partition coefficient (Wildman–Crippen LogP) is 0.929. The van der Waals surface area contributed by atoms with Crippen LogP contribution in [0.25, 0.3) is 0 Å². The van der Waals surface area contributed by atoms with Gasteiger partial charge in [0.15, 0.2) is 0 Å². The Morgan fingerprint density at radius 2 is 2.00 bits per heavy atom. The Morgan fingerprint density at radius 1 is 1.35 bits per heavy atom. The number of halogens is 1. The van der Waals surface area contributed by atoms with Gasteiger partial charge >= 0.3 is 5.97 Å². The molecular formula is C15H21INO3+. The second-order valence-electron chi connectivity index (χ2n) is 5.05. The van der Waals surface area contributed by atoms with Gasteiger partial charge in [-0.05, 0) is 12.5 Å². The number of quaternary nitrogens is 1. The van der Waals surface area contributed by atoms with E-state index in [9.17, 15) is 4.79 Å². The van der Waals surface area contributed by atoms with E-state index in [2.05, 4.69) is 22.6 Å². The van der Waals surface area contributed by atoms with Crippen molar-refractivity contribution in [1.82, 2.24) is 0 Å². The Balaban J connectivity index is 1.74. The lowest BCUT2D eigenvalue weighted by atomic mass is 10.1. The van der Waals surface area contributed by atoms with Crippen LogP contribution in [0.1, 0.15) is 15.1 Å². The second-order valence-corrected chi connectivity index (χ2v) is 6.30. The summed E-state index contributed by atoms with van der Waals surface area (Å²) in [7, 11) is 0. The third-order valence-electron chi connectivity index (χ3n) is 3.48. The number of morpholine rings is 1. The molecule has 0 radical (unpaired) electrons. The monoisotopic (exact) mass is 390 g/mol. The standard InChI is InChI=1S/C15H20INO3/c1-12-2-4-13(5-3-12)14(16)15(18)20-11-8-17-6-9-19-10-7-17/h2-5,14H,6-11H2,1H3/p+1. The molecule has 1 aromatic rings.